The summed E-state index contributed by atoms with van der Waals surface area (Å²) >= 11 is 0. The van der Waals surface area contributed by atoms with Crippen LogP contribution in [0.25, 0.3) is 0 Å². The first-order chi connectivity index (χ1) is 30.8. The standard InChI is InChI=1S/C48H75N7O9/c1-4-7-25-37(44(49)59)53-45(60)38(26-8-5-2)51-41(57)29-50-47(62)43(58)36(18-6-3)52-46(61)39-28-35(64-31-33-21-14-10-15-22-33)30-55(39)48(63)42(34-23-16-11-17-24-34)54-40(56)27-32-19-12-9-13-20-32/h10,14-15,21-22,32,34-39,42H,4-9,11-13,16-20,23-31H2,1-3H3,(H2,49,59)(H,50,62)(H,51,57)(H,52,61)(H,53,60)(H,54,56). The second kappa shape index (κ2) is 27.5. The summed E-state index contributed by atoms with van der Waals surface area (Å²) in [5.74, 6) is -4.98. The summed E-state index contributed by atoms with van der Waals surface area (Å²) in [6, 6.07) is 4.54. The number of ketones is 1. The highest BCUT2D eigenvalue weighted by molar-refractivity contribution is 6.38. The van der Waals surface area contributed by atoms with E-state index in [1.807, 2.05) is 44.2 Å². The molecule has 16 heteroatoms. The van der Waals surface area contributed by atoms with Crippen molar-refractivity contribution in [1.29, 1.82) is 0 Å². The Bertz CT molecular complexity index is 1700. The van der Waals surface area contributed by atoms with Gasteiger partial charge >= 0.3 is 0 Å². The maximum absolute atomic E-state index is 14.8. The number of carbonyl (C=O) groups excluding carboxylic acids is 8. The van der Waals surface area contributed by atoms with Crippen LogP contribution in [0, 0.1) is 11.8 Å². The van der Waals surface area contributed by atoms with Crippen molar-refractivity contribution in [3.63, 3.8) is 0 Å². The van der Waals surface area contributed by atoms with Gasteiger partial charge in [-0.1, -0.05) is 122 Å². The Labute approximate surface area is 379 Å². The first-order valence-corrected chi connectivity index (χ1v) is 24.1. The number of carbonyl (C=O) groups is 8. The fourth-order valence-electron chi connectivity index (χ4n) is 9.23. The van der Waals surface area contributed by atoms with Crippen LogP contribution < -0.4 is 32.3 Å². The molecule has 0 bridgehead atoms. The van der Waals surface area contributed by atoms with E-state index in [1.54, 1.807) is 6.92 Å². The Morgan fingerprint density at radius 3 is 1.98 bits per heavy atom. The van der Waals surface area contributed by atoms with Gasteiger partial charge in [0.15, 0.2) is 0 Å². The molecule has 1 aromatic rings. The lowest BCUT2D eigenvalue weighted by Crippen LogP contribution is -2.58. The van der Waals surface area contributed by atoms with Gasteiger partial charge in [0.1, 0.15) is 24.2 Å². The molecule has 7 amide bonds. The molecule has 1 saturated heterocycles. The Hall–Kier alpha value is -4.86. The van der Waals surface area contributed by atoms with Gasteiger partial charge in [0.25, 0.3) is 5.91 Å². The van der Waals surface area contributed by atoms with Crippen LogP contribution in [0.2, 0.25) is 0 Å². The molecule has 2 saturated carbocycles. The fourth-order valence-corrected chi connectivity index (χ4v) is 9.23. The SMILES string of the molecule is CCCCC(NC(=O)C(CCCC)NC(=O)CNC(=O)C(=O)C(CCC)NC(=O)C1CC(OCc2ccccc2)CN1C(=O)C(NC(=O)CC1CCCCC1)C1CCCCC1)C(N)=O. The molecular formula is C48H75N7O9. The molecular weight excluding hydrogens is 819 g/mol. The Balaban J connectivity index is 1.46. The number of amides is 7. The average Bonchev–Trinajstić information content (AvgIpc) is 3.74. The minimum absolute atomic E-state index is 0.0889. The number of likely N-dealkylation sites (tertiary alicyclic amines) is 1. The maximum Gasteiger partial charge on any atom is 0.290 e. The lowest BCUT2D eigenvalue weighted by atomic mass is 9.82. The van der Waals surface area contributed by atoms with Gasteiger partial charge in [-0.2, -0.15) is 0 Å². The Morgan fingerprint density at radius 2 is 1.36 bits per heavy atom. The predicted molar refractivity (Wildman–Crippen MR) is 242 cm³/mol. The highest BCUT2D eigenvalue weighted by atomic mass is 16.5. The largest absolute Gasteiger partial charge is 0.372 e. The lowest BCUT2D eigenvalue weighted by Gasteiger charge is -2.35. The first kappa shape index (κ1) is 51.8. The molecule has 1 aromatic carbocycles. The predicted octanol–water partition coefficient (Wildman–Crippen LogP) is 4.01. The number of nitrogens with zero attached hydrogens (tertiary/aromatic N) is 1. The number of hydrogen-bond donors (Lipinski definition) is 6. The van der Waals surface area contributed by atoms with Crippen molar-refractivity contribution in [3.8, 4) is 0 Å². The summed E-state index contributed by atoms with van der Waals surface area (Å²) in [7, 11) is 0. The monoisotopic (exact) mass is 894 g/mol. The molecule has 356 valence electrons. The normalized spacial score (nSPS) is 20.0. The molecule has 6 atom stereocenters. The molecule has 3 aliphatic rings. The minimum atomic E-state index is -1.26. The van der Waals surface area contributed by atoms with Crippen molar-refractivity contribution in [3.05, 3.63) is 35.9 Å². The van der Waals surface area contributed by atoms with Crippen LogP contribution in [0.4, 0.5) is 0 Å². The van der Waals surface area contributed by atoms with E-state index < -0.39 is 78.2 Å². The van der Waals surface area contributed by atoms with Gasteiger partial charge in [-0.3, -0.25) is 38.4 Å². The zero-order valence-corrected chi connectivity index (χ0v) is 38.5. The number of nitrogens with one attached hydrogen (secondary N) is 5. The van der Waals surface area contributed by atoms with Gasteiger partial charge in [-0.05, 0) is 62.3 Å². The second-order valence-electron chi connectivity index (χ2n) is 18.1. The molecule has 0 radical (unpaired) electrons. The summed E-state index contributed by atoms with van der Waals surface area (Å²) < 4.78 is 6.28. The minimum Gasteiger partial charge on any atom is -0.372 e. The number of hydrogen-bond acceptors (Lipinski definition) is 9. The highest BCUT2D eigenvalue weighted by Gasteiger charge is 2.45. The molecule has 1 aliphatic heterocycles. The van der Waals surface area contributed by atoms with Crippen molar-refractivity contribution < 1.29 is 43.1 Å². The number of primary amides is 1. The summed E-state index contributed by atoms with van der Waals surface area (Å²) in [4.78, 5) is 109. The fraction of sp³-hybridized carbons (Fsp3) is 0.708. The summed E-state index contributed by atoms with van der Waals surface area (Å²) in [5, 5.41) is 13.4. The van der Waals surface area contributed by atoms with Crippen LogP contribution in [0.5, 0.6) is 0 Å². The van der Waals surface area contributed by atoms with E-state index in [2.05, 4.69) is 26.6 Å². The number of Topliss-reactive ketones (excluding diaryl/α,β-unsaturated/α-hetero) is 1. The smallest absolute Gasteiger partial charge is 0.290 e. The van der Waals surface area contributed by atoms with E-state index in [0.717, 1.165) is 76.2 Å². The van der Waals surface area contributed by atoms with Crippen LogP contribution in [0.15, 0.2) is 30.3 Å². The molecule has 16 nitrogen and oxygen atoms in total. The summed E-state index contributed by atoms with van der Waals surface area (Å²) in [6.45, 7) is 5.41. The highest BCUT2D eigenvalue weighted by Crippen LogP contribution is 2.31. The van der Waals surface area contributed by atoms with E-state index in [4.69, 9.17) is 10.5 Å². The van der Waals surface area contributed by atoms with E-state index in [-0.39, 0.29) is 56.1 Å². The van der Waals surface area contributed by atoms with Crippen molar-refractivity contribution in [2.24, 2.45) is 17.6 Å². The zero-order chi connectivity index (χ0) is 46.4. The van der Waals surface area contributed by atoms with Crippen LogP contribution in [0.3, 0.4) is 0 Å². The zero-order valence-electron chi connectivity index (χ0n) is 38.5. The van der Waals surface area contributed by atoms with Crippen LogP contribution in [-0.2, 0) is 49.7 Å². The summed E-state index contributed by atoms with van der Waals surface area (Å²) in [6.07, 6.45) is 13.8. The van der Waals surface area contributed by atoms with Crippen molar-refractivity contribution in [1.82, 2.24) is 31.5 Å². The molecule has 7 N–H and O–H groups in total. The first-order valence-electron chi connectivity index (χ1n) is 24.1. The molecule has 0 spiro atoms. The number of rotatable bonds is 26. The third-order valence-electron chi connectivity index (χ3n) is 12.9. The van der Waals surface area contributed by atoms with Crippen LogP contribution >= 0.6 is 0 Å². The van der Waals surface area contributed by atoms with Crippen LogP contribution in [-0.4, -0.2) is 101 Å². The molecule has 1 heterocycles. The van der Waals surface area contributed by atoms with E-state index >= 15 is 0 Å². The van der Waals surface area contributed by atoms with E-state index in [0.29, 0.717) is 32.1 Å². The quantitative estimate of drug-likeness (QED) is 0.0737. The topological polar surface area (TPSA) is 235 Å². The molecule has 64 heavy (non-hydrogen) atoms. The number of unbranched alkanes of at least 4 members (excludes halogenated alkanes) is 2. The van der Waals surface area contributed by atoms with Gasteiger partial charge in [0, 0.05) is 19.4 Å². The summed E-state index contributed by atoms with van der Waals surface area (Å²) in [5.41, 5.74) is 6.43. The van der Waals surface area contributed by atoms with Crippen molar-refractivity contribution in [2.75, 3.05) is 13.1 Å². The van der Waals surface area contributed by atoms with Crippen molar-refractivity contribution in [2.45, 2.75) is 192 Å². The number of benzene rings is 1. The van der Waals surface area contributed by atoms with Gasteiger partial charge < -0.3 is 42.0 Å². The molecule has 0 aromatic heterocycles. The molecule has 2 aliphatic carbocycles. The second-order valence-corrected chi connectivity index (χ2v) is 18.1. The van der Waals surface area contributed by atoms with E-state index in [1.165, 1.54) is 11.3 Å². The molecule has 4 rings (SSSR count). The van der Waals surface area contributed by atoms with Crippen molar-refractivity contribution >= 4 is 47.1 Å². The maximum atomic E-state index is 14.8. The third kappa shape index (κ3) is 16.6. The number of nitrogens with two attached hydrogens (primary N) is 1. The van der Waals surface area contributed by atoms with Gasteiger partial charge in [-0.25, -0.2) is 0 Å². The molecule has 3 fully saturated rings. The van der Waals surface area contributed by atoms with Gasteiger partial charge in [-0.15, -0.1) is 0 Å². The molecule has 6 unspecified atom stereocenters. The Kier molecular flexibility index (Phi) is 22.2. The van der Waals surface area contributed by atoms with Gasteiger partial charge in [0.2, 0.25) is 41.2 Å². The third-order valence-corrected chi connectivity index (χ3v) is 12.9. The number of ether oxygens (including phenoxy) is 1. The average molecular weight is 894 g/mol. The Morgan fingerprint density at radius 1 is 0.719 bits per heavy atom. The van der Waals surface area contributed by atoms with E-state index in [9.17, 15) is 38.4 Å². The lowest BCUT2D eigenvalue weighted by molar-refractivity contribution is -0.144. The van der Waals surface area contributed by atoms with Gasteiger partial charge in [0.05, 0.1) is 25.3 Å². The van der Waals surface area contributed by atoms with Crippen LogP contribution in [0.1, 0.15) is 155 Å².